The molecule has 0 saturated heterocycles. The highest BCUT2D eigenvalue weighted by molar-refractivity contribution is 5.75. The quantitative estimate of drug-likeness (QED) is 0.459. The highest BCUT2D eigenvalue weighted by atomic mass is 16.6. The van der Waals surface area contributed by atoms with Gasteiger partial charge in [-0.3, -0.25) is 10.1 Å². The summed E-state index contributed by atoms with van der Waals surface area (Å²) in [5.74, 6) is 0.521. The molecule has 1 N–H and O–H groups in total. The molecule has 0 spiro atoms. The zero-order valence-corrected chi connectivity index (χ0v) is 16.0. The van der Waals surface area contributed by atoms with E-state index in [1.165, 1.54) is 6.33 Å². The van der Waals surface area contributed by atoms with Gasteiger partial charge in [-0.2, -0.15) is 0 Å². The van der Waals surface area contributed by atoms with Crippen LogP contribution in [-0.4, -0.2) is 28.0 Å². The zero-order chi connectivity index (χ0) is 19.9. The molecule has 3 rings (SSSR count). The van der Waals surface area contributed by atoms with Crippen molar-refractivity contribution in [1.82, 2.24) is 9.97 Å². The Morgan fingerprint density at radius 1 is 1.11 bits per heavy atom. The molecule has 3 aromatic rings. The smallest absolute Gasteiger partial charge is 0.353 e. The molecule has 1 aromatic heterocycles. The minimum Gasteiger partial charge on any atom is -0.364 e. The lowest BCUT2D eigenvalue weighted by Crippen LogP contribution is -2.20. The molecule has 2 aromatic carbocycles. The Hall–Kier alpha value is -3.48. The lowest BCUT2D eigenvalue weighted by Gasteiger charge is -2.22. The Balaban J connectivity index is 1.89. The molecule has 0 aliphatic carbocycles. The fraction of sp³-hybridized carbons (Fsp3) is 0.238. The van der Waals surface area contributed by atoms with Crippen molar-refractivity contribution in [2.75, 3.05) is 23.3 Å². The summed E-state index contributed by atoms with van der Waals surface area (Å²) in [6, 6.07) is 17.8. The molecular weight excluding hydrogens is 354 g/mol. The van der Waals surface area contributed by atoms with Crippen molar-refractivity contribution in [2.45, 2.75) is 20.3 Å². The number of hydrogen-bond acceptors (Lipinski definition) is 6. The van der Waals surface area contributed by atoms with E-state index in [0.717, 1.165) is 23.2 Å². The lowest BCUT2D eigenvalue weighted by molar-refractivity contribution is -0.383. The molecule has 144 valence electrons. The van der Waals surface area contributed by atoms with Crippen LogP contribution in [0.15, 0.2) is 60.9 Å². The monoisotopic (exact) mass is 377 g/mol. The first-order chi connectivity index (χ1) is 13.6. The molecule has 0 unspecified atom stereocenters. The Labute approximate surface area is 164 Å². The van der Waals surface area contributed by atoms with Gasteiger partial charge >= 0.3 is 5.69 Å². The van der Waals surface area contributed by atoms with E-state index in [2.05, 4.69) is 15.3 Å². The van der Waals surface area contributed by atoms with Crippen molar-refractivity contribution in [3.8, 4) is 0 Å². The fourth-order valence-electron chi connectivity index (χ4n) is 3.08. The molecule has 0 bridgehead atoms. The van der Waals surface area contributed by atoms with E-state index in [1.54, 1.807) is 0 Å². The van der Waals surface area contributed by atoms with Gasteiger partial charge in [0.1, 0.15) is 6.33 Å². The Morgan fingerprint density at radius 3 is 2.57 bits per heavy atom. The predicted molar refractivity (Wildman–Crippen MR) is 111 cm³/mol. The first kappa shape index (κ1) is 19.3. The lowest BCUT2D eigenvalue weighted by atomic mass is 10.1. The van der Waals surface area contributed by atoms with Gasteiger partial charge in [-0.15, -0.1) is 0 Å². The number of nitro groups is 1. The molecule has 0 saturated carbocycles. The topological polar surface area (TPSA) is 84.2 Å². The van der Waals surface area contributed by atoms with Crippen LogP contribution >= 0.6 is 0 Å². The summed E-state index contributed by atoms with van der Waals surface area (Å²) in [7, 11) is 0. The fourth-order valence-corrected chi connectivity index (χ4v) is 3.08. The van der Waals surface area contributed by atoms with Gasteiger partial charge in [0.2, 0.25) is 11.6 Å². The second-order valence-corrected chi connectivity index (χ2v) is 6.40. The predicted octanol–water partition coefficient (Wildman–Crippen LogP) is 4.51. The number of nitrogens with one attached hydrogen (secondary N) is 1. The van der Waals surface area contributed by atoms with Crippen LogP contribution in [0, 0.1) is 17.0 Å². The maximum Gasteiger partial charge on any atom is 0.353 e. The van der Waals surface area contributed by atoms with Crippen LogP contribution in [0.2, 0.25) is 0 Å². The van der Waals surface area contributed by atoms with Crippen molar-refractivity contribution < 1.29 is 4.92 Å². The van der Waals surface area contributed by atoms with Crippen LogP contribution in [0.5, 0.6) is 0 Å². The highest BCUT2D eigenvalue weighted by Gasteiger charge is 2.27. The van der Waals surface area contributed by atoms with Crippen LogP contribution in [0.3, 0.4) is 0 Å². The third kappa shape index (κ3) is 4.43. The van der Waals surface area contributed by atoms with Gasteiger partial charge in [-0.25, -0.2) is 9.97 Å². The summed E-state index contributed by atoms with van der Waals surface area (Å²) in [5, 5.41) is 15.0. The van der Waals surface area contributed by atoms with Gasteiger partial charge in [0.15, 0.2) is 0 Å². The zero-order valence-electron chi connectivity index (χ0n) is 16.0. The van der Waals surface area contributed by atoms with E-state index in [4.69, 9.17) is 0 Å². The molecule has 0 radical (unpaired) electrons. The van der Waals surface area contributed by atoms with E-state index < -0.39 is 4.92 Å². The molecule has 0 amide bonds. The van der Waals surface area contributed by atoms with Crippen molar-refractivity contribution >= 4 is 23.0 Å². The third-order valence-electron chi connectivity index (χ3n) is 4.42. The number of aromatic nitrogens is 2. The first-order valence-corrected chi connectivity index (χ1v) is 9.21. The Kier molecular flexibility index (Phi) is 6.16. The van der Waals surface area contributed by atoms with Crippen LogP contribution in [0.1, 0.15) is 18.1 Å². The SMILES string of the molecule is CCN(c1cccc(C)c1)c1ncnc(NCCc2ccccc2)c1[N+](=O)[O-]. The summed E-state index contributed by atoms with van der Waals surface area (Å²) in [4.78, 5) is 21.6. The molecular formula is C21H23N5O2. The molecule has 7 heteroatoms. The number of rotatable bonds is 8. The molecule has 0 aliphatic rings. The summed E-state index contributed by atoms with van der Waals surface area (Å²) in [6.07, 6.45) is 2.11. The molecule has 1 heterocycles. The minimum absolute atomic E-state index is 0.112. The number of nitrogens with zero attached hydrogens (tertiary/aromatic N) is 4. The average molecular weight is 377 g/mol. The van der Waals surface area contributed by atoms with Gasteiger partial charge in [0, 0.05) is 18.8 Å². The maximum atomic E-state index is 11.9. The van der Waals surface area contributed by atoms with Crippen LogP contribution in [0.25, 0.3) is 0 Å². The minimum atomic E-state index is -0.418. The second kappa shape index (κ2) is 8.94. The van der Waals surface area contributed by atoms with E-state index in [9.17, 15) is 10.1 Å². The van der Waals surface area contributed by atoms with Crippen LogP contribution in [0.4, 0.5) is 23.0 Å². The Bertz CT molecular complexity index is 947. The van der Waals surface area contributed by atoms with E-state index in [0.29, 0.717) is 13.1 Å². The van der Waals surface area contributed by atoms with Gasteiger partial charge in [-0.1, -0.05) is 42.5 Å². The maximum absolute atomic E-state index is 11.9. The molecule has 0 fully saturated rings. The molecule has 28 heavy (non-hydrogen) atoms. The van der Waals surface area contributed by atoms with Crippen molar-refractivity contribution in [1.29, 1.82) is 0 Å². The molecule has 7 nitrogen and oxygen atoms in total. The molecule has 0 atom stereocenters. The number of benzene rings is 2. The number of anilines is 3. The van der Waals surface area contributed by atoms with Crippen molar-refractivity contribution in [3.63, 3.8) is 0 Å². The Morgan fingerprint density at radius 2 is 1.89 bits per heavy atom. The average Bonchev–Trinajstić information content (AvgIpc) is 2.69. The summed E-state index contributed by atoms with van der Waals surface area (Å²) < 4.78 is 0. The van der Waals surface area contributed by atoms with Crippen LogP contribution < -0.4 is 10.2 Å². The van der Waals surface area contributed by atoms with E-state index >= 15 is 0 Å². The van der Waals surface area contributed by atoms with E-state index in [-0.39, 0.29) is 17.3 Å². The third-order valence-corrected chi connectivity index (χ3v) is 4.42. The van der Waals surface area contributed by atoms with Crippen molar-refractivity contribution in [2.24, 2.45) is 0 Å². The normalized spacial score (nSPS) is 10.5. The van der Waals surface area contributed by atoms with Gasteiger partial charge in [0.05, 0.1) is 4.92 Å². The largest absolute Gasteiger partial charge is 0.364 e. The standard InChI is InChI=1S/C21H23N5O2/c1-3-25(18-11-7-8-16(2)14-18)21-19(26(27)28)20(23-15-24-21)22-13-12-17-9-5-4-6-10-17/h4-11,14-15H,3,12-13H2,1-2H3,(H,22,23,24). The van der Waals surface area contributed by atoms with E-state index in [1.807, 2.05) is 73.3 Å². The van der Waals surface area contributed by atoms with Gasteiger partial charge in [0.25, 0.3) is 0 Å². The summed E-state index contributed by atoms with van der Waals surface area (Å²) >= 11 is 0. The molecule has 0 aliphatic heterocycles. The number of hydrogen-bond donors (Lipinski definition) is 1. The summed E-state index contributed by atoms with van der Waals surface area (Å²) in [5.41, 5.74) is 2.98. The second-order valence-electron chi connectivity index (χ2n) is 6.40. The summed E-state index contributed by atoms with van der Waals surface area (Å²) in [6.45, 7) is 5.02. The first-order valence-electron chi connectivity index (χ1n) is 9.21. The number of aryl methyl sites for hydroxylation is 1. The van der Waals surface area contributed by atoms with Crippen molar-refractivity contribution in [3.05, 3.63) is 82.2 Å². The van der Waals surface area contributed by atoms with Gasteiger partial charge in [-0.05, 0) is 43.5 Å². The van der Waals surface area contributed by atoms with Crippen LogP contribution in [-0.2, 0) is 6.42 Å². The van der Waals surface area contributed by atoms with Gasteiger partial charge < -0.3 is 10.2 Å². The highest BCUT2D eigenvalue weighted by Crippen LogP contribution is 2.35.